The van der Waals surface area contributed by atoms with Crippen molar-refractivity contribution in [2.45, 2.75) is 25.7 Å². The molecule has 0 amide bonds. The number of halogens is 1. The highest BCUT2D eigenvalue weighted by atomic mass is 79.9. The number of hydrogen-bond acceptors (Lipinski definition) is 2. The summed E-state index contributed by atoms with van der Waals surface area (Å²) in [6.45, 7) is 0. The lowest BCUT2D eigenvalue weighted by Gasteiger charge is -2.16. The molecular formula is C15H14BrN3. The van der Waals surface area contributed by atoms with Crippen LogP contribution in [0, 0.1) is 11.3 Å². The molecule has 0 spiro atoms. The van der Waals surface area contributed by atoms with Crippen molar-refractivity contribution in [1.82, 2.24) is 9.78 Å². The van der Waals surface area contributed by atoms with Gasteiger partial charge in [-0.15, -0.1) is 0 Å². The van der Waals surface area contributed by atoms with E-state index in [1.54, 1.807) is 4.68 Å². The van der Waals surface area contributed by atoms with Gasteiger partial charge in [-0.3, -0.25) is 4.68 Å². The molecular weight excluding hydrogens is 302 g/mol. The van der Waals surface area contributed by atoms with Gasteiger partial charge in [-0.2, -0.15) is 10.4 Å². The smallest absolute Gasteiger partial charge is 0.177 e. The van der Waals surface area contributed by atoms with Crippen LogP contribution >= 0.6 is 15.9 Å². The molecule has 1 aliphatic carbocycles. The predicted octanol–water partition coefficient (Wildman–Crippen LogP) is 3.60. The van der Waals surface area contributed by atoms with Gasteiger partial charge in [0.05, 0.1) is 10.2 Å². The molecule has 1 aromatic heterocycles. The Labute approximate surface area is 121 Å². The SMILES string of the molecule is Cn1nc(C#N)c(Br)c1-c1ccc2c(c1)CCCC2. The predicted molar refractivity (Wildman–Crippen MR) is 77.7 cm³/mol. The number of benzene rings is 1. The summed E-state index contributed by atoms with van der Waals surface area (Å²) in [7, 11) is 1.88. The van der Waals surface area contributed by atoms with Crippen LogP contribution in [0.1, 0.15) is 29.7 Å². The van der Waals surface area contributed by atoms with Crippen molar-refractivity contribution in [2.24, 2.45) is 7.05 Å². The van der Waals surface area contributed by atoms with Crippen LogP contribution in [0.15, 0.2) is 22.7 Å². The topological polar surface area (TPSA) is 41.6 Å². The van der Waals surface area contributed by atoms with Crippen LogP contribution in [0.25, 0.3) is 11.3 Å². The second-order valence-corrected chi connectivity index (χ2v) is 5.73. The van der Waals surface area contributed by atoms with Crippen LogP contribution in [-0.2, 0) is 19.9 Å². The Kier molecular flexibility index (Phi) is 3.16. The van der Waals surface area contributed by atoms with Crippen LogP contribution in [-0.4, -0.2) is 9.78 Å². The van der Waals surface area contributed by atoms with Crippen molar-refractivity contribution in [3.05, 3.63) is 39.5 Å². The Morgan fingerprint density at radius 1 is 1.26 bits per heavy atom. The van der Waals surface area contributed by atoms with Crippen LogP contribution in [0.2, 0.25) is 0 Å². The Hall–Kier alpha value is -1.60. The highest BCUT2D eigenvalue weighted by molar-refractivity contribution is 9.10. The second-order valence-electron chi connectivity index (χ2n) is 4.94. The summed E-state index contributed by atoms with van der Waals surface area (Å²) in [5.41, 5.74) is 5.45. The summed E-state index contributed by atoms with van der Waals surface area (Å²) in [4.78, 5) is 0. The second kappa shape index (κ2) is 4.82. The lowest BCUT2D eigenvalue weighted by Crippen LogP contribution is -2.03. The zero-order valence-corrected chi connectivity index (χ0v) is 12.4. The van der Waals surface area contributed by atoms with E-state index in [1.807, 2.05) is 7.05 Å². The van der Waals surface area contributed by atoms with Gasteiger partial charge in [-0.05, 0) is 58.8 Å². The number of aryl methyl sites for hydroxylation is 3. The van der Waals surface area contributed by atoms with Gasteiger partial charge in [0.25, 0.3) is 0 Å². The fourth-order valence-electron chi connectivity index (χ4n) is 2.76. The first-order chi connectivity index (χ1) is 9.20. The van der Waals surface area contributed by atoms with Crippen molar-refractivity contribution in [3.8, 4) is 17.3 Å². The molecule has 4 heteroatoms. The van der Waals surface area contributed by atoms with Gasteiger partial charge in [0.2, 0.25) is 0 Å². The van der Waals surface area contributed by atoms with Gasteiger partial charge in [-0.1, -0.05) is 12.1 Å². The lowest BCUT2D eigenvalue weighted by atomic mass is 9.90. The highest BCUT2D eigenvalue weighted by Gasteiger charge is 2.17. The summed E-state index contributed by atoms with van der Waals surface area (Å²) in [5.74, 6) is 0. The first-order valence-corrected chi connectivity index (χ1v) is 7.25. The molecule has 0 atom stereocenters. The molecule has 2 aromatic rings. The summed E-state index contributed by atoms with van der Waals surface area (Å²) in [6, 6.07) is 8.71. The Bertz CT molecular complexity index is 679. The summed E-state index contributed by atoms with van der Waals surface area (Å²) in [5, 5.41) is 13.3. The number of rotatable bonds is 1. The first kappa shape index (κ1) is 12.4. The highest BCUT2D eigenvalue weighted by Crippen LogP contribution is 2.33. The fraction of sp³-hybridized carbons (Fsp3) is 0.333. The molecule has 0 saturated carbocycles. The lowest BCUT2D eigenvalue weighted by molar-refractivity contribution is 0.685. The Balaban J connectivity index is 2.13. The molecule has 0 saturated heterocycles. The van der Waals surface area contributed by atoms with Gasteiger partial charge in [0, 0.05) is 12.6 Å². The molecule has 0 fully saturated rings. The van der Waals surface area contributed by atoms with E-state index in [9.17, 15) is 0 Å². The van der Waals surface area contributed by atoms with Crippen LogP contribution < -0.4 is 0 Å². The summed E-state index contributed by atoms with van der Waals surface area (Å²) < 4.78 is 2.56. The van der Waals surface area contributed by atoms with Crippen molar-refractivity contribution in [3.63, 3.8) is 0 Å². The molecule has 0 aliphatic heterocycles. The normalized spacial score (nSPS) is 13.9. The van der Waals surface area contributed by atoms with Gasteiger partial charge in [-0.25, -0.2) is 0 Å². The summed E-state index contributed by atoms with van der Waals surface area (Å²) >= 11 is 3.49. The molecule has 1 aliphatic rings. The minimum atomic E-state index is 0.440. The maximum atomic E-state index is 9.04. The van der Waals surface area contributed by atoms with Gasteiger partial charge < -0.3 is 0 Å². The third-order valence-electron chi connectivity index (χ3n) is 3.72. The Morgan fingerprint density at radius 3 is 2.68 bits per heavy atom. The maximum absolute atomic E-state index is 9.04. The molecule has 1 aromatic carbocycles. The van der Waals surface area contributed by atoms with Crippen molar-refractivity contribution in [1.29, 1.82) is 5.26 Å². The largest absolute Gasteiger partial charge is 0.265 e. The standard InChI is InChI=1S/C15H14BrN3/c1-19-15(14(16)13(9-17)18-19)12-7-6-10-4-2-3-5-11(10)8-12/h6-8H,2-5H2,1H3. The number of fused-ring (bicyclic) bond motifs is 1. The minimum absolute atomic E-state index is 0.440. The van der Waals surface area contributed by atoms with Crippen LogP contribution in [0.3, 0.4) is 0 Å². The third kappa shape index (κ3) is 2.08. The van der Waals surface area contributed by atoms with E-state index in [0.29, 0.717) is 5.69 Å². The van der Waals surface area contributed by atoms with E-state index in [0.717, 1.165) is 22.2 Å². The van der Waals surface area contributed by atoms with Crippen molar-refractivity contribution < 1.29 is 0 Å². The van der Waals surface area contributed by atoms with E-state index in [2.05, 4.69) is 45.3 Å². The summed E-state index contributed by atoms with van der Waals surface area (Å²) in [6.07, 6.45) is 4.90. The van der Waals surface area contributed by atoms with Crippen molar-refractivity contribution in [2.75, 3.05) is 0 Å². The fourth-order valence-corrected chi connectivity index (χ4v) is 3.42. The zero-order valence-electron chi connectivity index (χ0n) is 10.8. The maximum Gasteiger partial charge on any atom is 0.177 e. The zero-order chi connectivity index (χ0) is 13.4. The average Bonchev–Trinajstić information content (AvgIpc) is 2.73. The number of aromatic nitrogens is 2. The minimum Gasteiger partial charge on any atom is -0.265 e. The first-order valence-electron chi connectivity index (χ1n) is 6.45. The monoisotopic (exact) mass is 315 g/mol. The number of nitriles is 1. The van der Waals surface area contributed by atoms with Gasteiger partial charge >= 0.3 is 0 Å². The van der Waals surface area contributed by atoms with Crippen LogP contribution in [0.5, 0.6) is 0 Å². The third-order valence-corrected chi connectivity index (χ3v) is 4.47. The molecule has 0 N–H and O–H groups in total. The quantitative estimate of drug-likeness (QED) is 0.806. The number of nitrogens with zero attached hydrogens (tertiary/aromatic N) is 3. The Morgan fingerprint density at radius 2 is 2.00 bits per heavy atom. The molecule has 3 rings (SSSR count). The van der Waals surface area contributed by atoms with E-state index < -0.39 is 0 Å². The van der Waals surface area contributed by atoms with Gasteiger partial charge in [0.15, 0.2) is 5.69 Å². The molecule has 96 valence electrons. The molecule has 3 nitrogen and oxygen atoms in total. The molecule has 0 radical (unpaired) electrons. The van der Waals surface area contributed by atoms with Gasteiger partial charge in [0.1, 0.15) is 6.07 Å². The van der Waals surface area contributed by atoms with Crippen LogP contribution in [0.4, 0.5) is 0 Å². The molecule has 1 heterocycles. The average molecular weight is 316 g/mol. The van der Waals surface area contributed by atoms with E-state index >= 15 is 0 Å². The van der Waals surface area contributed by atoms with E-state index in [-0.39, 0.29) is 0 Å². The molecule has 0 unspecified atom stereocenters. The molecule has 19 heavy (non-hydrogen) atoms. The van der Waals surface area contributed by atoms with Crippen molar-refractivity contribution >= 4 is 15.9 Å². The van der Waals surface area contributed by atoms with E-state index in [4.69, 9.17) is 5.26 Å². The number of hydrogen-bond donors (Lipinski definition) is 0. The van der Waals surface area contributed by atoms with E-state index in [1.165, 1.54) is 30.4 Å². The molecule has 0 bridgehead atoms.